The lowest BCUT2D eigenvalue weighted by atomic mass is 9.54. The molecule has 0 spiro atoms. The second-order valence-electron chi connectivity index (χ2n) is 8.48. The van der Waals surface area contributed by atoms with E-state index in [1.807, 2.05) is 6.07 Å². The SMILES string of the molecule is CC[C@@]12CCCC1C1C[C@H](O)c3cc(OS(N)(=O)=O)c(OC)cc3C1CC2. The van der Waals surface area contributed by atoms with Gasteiger partial charge in [-0.05, 0) is 78.5 Å². The van der Waals surface area contributed by atoms with Crippen molar-refractivity contribution in [3.05, 3.63) is 23.3 Å². The van der Waals surface area contributed by atoms with Gasteiger partial charge in [-0.15, -0.1) is 0 Å². The van der Waals surface area contributed by atoms with Gasteiger partial charge in [0.25, 0.3) is 0 Å². The third-order valence-corrected chi connectivity index (χ3v) is 7.91. The molecule has 3 N–H and O–H groups in total. The molecule has 0 aromatic heterocycles. The Kier molecular flexibility index (Phi) is 4.68. The third kappa shape index (κ3) is 3.13. The van der Waals surface area contributed by atoms with Crippen LogP contribution >= 0.6 is 0 Å². The number of rotatable bonds is 4. The van der Waals surface area contributed by atoms with Crippen LogP contribution in [-0.2, 0) is 10.3 Å². The molecule has 1 aromatic rings. The van der Waals surface area contributed by atoms with E-state index in [1.54, 1.807) is 6.07 Å². The Morgan fingerprint density at radius 2 is 1.96 bits per heavy atom. The zero-order chi connectivity index (χ0) is 19.4. The number of ether oxygens (including phenoxy) is 1. The predicted octanol–water partition coefficient (Wildman–Crippen LogP) is 3.40. The van der Waals surface area contributed by atoms with Gasteiger partial charge < -0.3 is 14.0 Å². The maximum absolute atomic E-state index is 11.4. The molecule has 0 heterocycles. The molecule has 2 fully saturated rings. The number of fused-ring (bicyclic) bond motifs is 5. The number of benzene rings is 1. The van der Waals surface area contributed by atoms with Crippen molar-refractivity contribution in [2.24, 2.45) is 22.4 Å². The van der Waals surface area contributed by atoms with Gasteiger partial charge in [0.1, 0.15) is 0 Å². The summed E-state index contributed by atoms with van der Waals surface area (Å²) in [5.74, 6) is 1.89. The summed E-state index contributed by atoms with van der Waals surface area (Å²) in [6, 6.07) is 3.44. The molecule has 0 aliphatic heterocycles. The highest BCUT2D eigenvalue weighted by molar-refractivity contribution is 7.84. The molecule has 0 saturated heterocycles. The Balaban J connectivity index is 1.75. The number of methoxy groups -OCH3 is 1. The minimum atomic E-state index is -4.16. The minimum absolute atomic E-state index is 0.0378. The predicted molar refractivity (Wildman–Crippen MR) is 102 cm³/mol. The van der Waals surface area contributed by atoms with E-state index in [-0.39, 0.29) is 5.75 Å². The Bertz CT molecular complexity index is 839. The average Bonchev–Trinajstić information content (AvgIpc) is 3.05. The lowest BCUT2D eigenvalue weighted by Crippen LogP contribution is -2.41. The van der Waals surface area contributed by atoms with Crippen molar-refractivity contribution in [2.45, 2.75) is 63.9 Å². The molecule has 4 rings (SSSR count). The fourth-order valence-corrected chi connectivity index (χ4v) is 6.73. The first kappa shape index (κ1) is 19.0. The van der Waals surface area contributed by atoms with Gasteiger partial charge in [0.2, 0.25) is 0 Å². The Morgan fingerprint density at radius 1 is 1.22 bits per heavy atom. The molecule has 5 atom stereocenters. The summed E-state index contributed by atoms with van der Waals surface area (Å²) >= 11 is 0. The summed E-state index contributed by atoms with van der Waals surface area (Å²) in [6.07, 6.45) is 7.50. The monoisotopic (exact) mass is 395 g/mol. The summed E-state index contributed by atoms with van der Waals surface area (Å²) in [5.41, 5.74) is 2.27. The molecule has 6 nitrogen and oxygen atoms in total. The lowest BCUT2D eigenvalue weighted by molar-refractivity contribution is 0.00599. The molecule has 3 aliphatic carbocycles. The normalized spacial score (nSPS) is 35.1. The molecule has 7 heteroatoms. The molecular formula is C20H29NO5S. The van der Waals surface area contributed by atoms with Gasteiger partial charge in [-0.25, -0.2) is 0 Å². The summed E-state index contributed by atoms with van der Waals surface area (Å²) in [7, 11) is -2.68. The summed E-state index contributed by atoms with van der Waals surface area (Å²) in [6.45, 7) is 2.31. The molecule has 3 aliphatic rings. The Labute approximate surface area is 161 Å². The van der Waals surface area contributed by atoms with Crippen molar-refractivity contribution in [3.8, 4) is 11.5 Å². The van der Waals surface area contributed by atoms with E-state index in [1.165, 1.54) is 39.2 Å². The Hall–Kier alpha value is -1.31. The molecule has 3 unspecified atom stereocenters. The van der Waals surface area contributed by atoms with Gasteiger partial charge in [0.05, 0.1) is 13.2 Å². The van der Waals surface area contributed by atoms with E-state index < -0.39 is 16.4 Å². The van der Waals surface area contributed by atoms with Crippen LogP contribution in [0.3, 0.4) is 0 Å². The maximum Gasteiger partial charge on any atom is 0.380 e. The molecule has 150 valence electrons. The summed E-state index contributed by atoms with van der Waals surface area (Å²) < 4.78 is 33.0. The Morgan fingerprint density at radius 3 is 2.63 bits per heavy atom. The van der Waals surface area contributed by atoms with Gasteiger partial charge in [-0.1, -0.05) is 19.8 Å². The van der Waals surface area contributed by atoms with Crippen LogP contribution in [-0.4, -0.2) is 20.6 Å². The minimum Gasteiger partial charge on any atom is -0.493 e. The van der Waals surface area contributed by atoms with Gasteiger partial charge in [-0.3, -0.25) is 0 Å². The summed E-state index contributed by atoms with van der Waals surface area (Å²) in [5, 5.41) is 15.9. The number of hydrogen-bond donors (Lipinski definition) is 2. The molecular weight excluding hydrogens is 366 g/mol. The lowest BCUT2D eigenvalue weighted by Gasteiger charge is -2.51. The number of hydrogen-bond acceptors (Lipinski definition) is 5. The van der Waals surface area contributed by atoms with Crippen LogP contribution in [0.25, 0.3) is 0 Å². The van der Waals surface area contributed by atoms with Crippen molar-refractivity contribution in [1.29, 1.82) is 0 Å². The van der Waals surface area contributed by atoms with Gasteiger partial charge >= 0.3 is 10.3 Å². The van der Waals surface area contributed by atoms with E-state index >= 15 is 0 Å². The highest BCUT2D eigenvalue weighted by Crippen LogP contribution is 2.63. The van der Waals surface area contributed by atoms with Crippen LogP contribution in [0.2, 0.25) is 0 Å². The molecule has 0 amide bonds. The van der Waals surface area contributed by atoms with Crippen LogP contribution in [0.5, 0.6) is 11.5 Å². The highest BCUT2D eigenvalue weighted by atomic mass is 32.2. The van der Waals surface area contributed by atoms with Crippen molar-refractivity contribution < 1.29 is 22.4 Å². The third-order valence-electron chi connectivity index (χ3n) is 7.50. The second-order valence-corrected chi connectivity index (χ2v) is 9.64. The highest BCUT2D eigenvalue weighted by Gasteiger charge is 2.53. The van der Waals surface area contributed by atoms with Gasteiger partial charge in [-0.2, -0.15) is 13.6 Å². The van der Waals surface area contributed by atoms with Crippen LogP contribution in [0.1, 0.15) is 75.0 Å². The van der Waals surface area contributed by atoms with E-state index in [9.17, 15) is 13.5 Å². The first-order chi connectivity index (χ1) is 12.8. The molecule has 2 saturated carbocycles. The zero-order valence-corrected chi connectivity index (χ0v) is 16.8. The van der Waals surface area contributed by atoms with Crippen molar-refractivity contribution in [1.82, 2.24) is 0 Å². The van der Waals surface area contributed by atoms with Crippen molar-refractivity contribution in [3.63, 3.8) is 0 Å². The molecule has 0 bridgehead atoms. The number of aliphatic hydroxyl groups is 1. The van der Waals surface area contributed by atoms with Crippen LogP contribution in [0, 0.1) is 17.3 Å². The zero-order valence-electron chi connectivity index (χ0n) is 16.0. The number of nitrogens with two attached hydrogens (primary N) is 1. The van der Waals surface area contributed by atoms with Crippen molar-refractivity contribution in [2.75, 3.05) is 7.11 Å². The largest absolute Gasteiger partial charge is 0.493 e. The topological polar surface area (TPSA) is 98.9 Å². The quantitative estimate of drug-likeness (QED) is 0.814. The van der Waals surface area contributed by atoms with Crippen LogP contribution in [0.15, 0.2) is 12.1 Å². The van der Waals surface area contributed by atoms with Crippen LogP contribution < -0.4 is 14.1 Å². The first-order valence-corrected chi connectivity index (χ1v) is 11.4. The molecule has 1 aromatic carbocycles. The first-order valence-electron chi connectivity index (χ1n) is 9.90. The molecule has 27 heavy (non-hydrogen) atoms. The van der Waals surface area contributed by atoms with Crippen LogP contribution in [0.4, 0.5) is 0 Å². The van der Waals surface area contributed by atoms with E-state index in [2.05, 4.69) is 6.92 Å². The second kappa shape index (κ2) is 6.64. The van der Waals surface area contributed by atoms with Gasteiger partial charge in [0, 0.05) is 0 Å². The molecule has 0 radical (unpaired) electrons. The van der Waals surface area contributed by atoms with E-state index in [0.29, 0.717) is 28.9 Å². The number of aliphatic hydroxyl groups excluding tert-OH is 1. The maximum atomic E-state index is 11.4. The van der Waals surface area contributed by atoms with E-state index in [4.69, 9.17) is 14.1 Å². The fourth-order valence-electron chi connectivity index (χ4n) is 6.35. The van der Waals surface area contributed by atoms with Gasteiger partial charge in [0.15, 0.2) is 11.5 Å². The average molecular weight is 396 g/mol. The standard InChI is InChI=1S/C20H29NO5S/c1-3-20-7-4-5-16(20)14-9-17(22)15-11-19(26-27(21,23)24)18(25-2)10-13(15)12(14)6-8-20/h10-12,14,16-17,22H,3-9H2,1-2H3,(H2,21,23,24)/t12?,14?,16?,17-,20-/m0/s1. The fraction of sp³-hybridized carbons (Fsp3) is 0.700. The van der Waals surface area contributed by atoms with E-state index in [0.717, 1.165) is 24.0 Å². The smallest absolute Gasteiger partial charge is 0.380 e. The summed E-state index contributed by atoms with van der Waals surface area (Å²) in [4.78, 5) is 0. The van der Waals surface area contributed by atoms with Crippen molar-refractivity contribution >= 4 is 10.3 Å².